The molecule has 3 rings (SSSR count). The second kappa shape index (κ2) is 6.49. The lowest BCUT2D eigenvalue weighted by atomic mass is 10.2. The summed E-state index contributed by atoms with van der Waals surface area (Å²) < 4.78 is 14.2. The van der Waals surface area contributed by atoms with Crippen molar-refractivity contribution in [1.29, 1.82) is 0 Å². The number of aryl methyl sites for hydroxylation is 1. The molecule has 0 aliphatic heterocycles. The van der Waals surface area contributed by atoms with Crippen LogP contribution in [0.1, 0.15) is 6.42 Å². The second-order valence-electron chi connectivity index (χ2n) is 5.25. The third-order valence-corrected chi connectivity index (χ3v) is 3.55. The molecule has 6 nitrogen and oxygen atoms in total. The Morgan fingerprint density at radius 3 is 2.58 bits per heavy atom. The molecule has 0 fully saturated rings. The highest BCUT2D eigenvalue weighted by Gasteiger charge is 2.09. The van der Waals surface area contributed by atoms with Crippen LogP contribution in [0, 0.1) is 5.82 Å². The number of halogens is 1. The molecular formula is C17H14FN3O3. The third-order valence-electron chi connectivity index (χ3n) is 3.55. The summed E-state index contributed by atoms with van der Waals surface area (Å²) in [5, 5.41) is 5.60. The van der Waals surface area contributed by atoms with Gasteiger partial charge in [0.15, 0.2) is 0 Å². The number of anilines is 1. The van der Waals surface area contributed by atoms with Gasteiger partial charge in [-0.15, -0.1) is 0 Å². The molecule has 0 saturated carbocycles. The summed E-state index contributed by atoms with van der Waals surface area (Å²) in [6.45, 7) is 0.0139. The molecule has 0 unspecified atom stereocenters. The highest BCUT2D eigenvalue weighted by molar-refractivity contribution is 5.90. The first-order valence-corrected chi connectivity index (χ1v) is 7.32. The molecule has 1 aromatic heterocycles. The van der Waals surface area contributed by atoms with Gasteiger partial charge in [-0.3, -0.25) is 19.5 Å². The van der Waals surface area contributed by atoms with E-state index in [9.17, 15) is 18.8 Å². The summed E-state index contributed by atoms with van der Waals surface area (Å²) in [6.07, 6.45) is -0.0370. The molecule has 24 heavy (non-hydrogen) atoms. The SMILES string of the molecule is O=C(CCn1[nH]c(=O)c2ccccc2c1=O)Nc1cccc(F)c1. The summed E-state index contributed by atoms with van der Waals surface area (Å²) in [7, 11) is 0. The van der Waals surface area contributed by atoms with E-state index >= 15 is 0 Å². The molecule has 0 spiro atoms. The Balaban J connectivity index is 1.76. The van der Waals surface area contributed by atoms with Crippen molar-refractivity contribution in [3.8, 4) is 0 Å². The first-order chi connectivity index (χ1) is 11.5. The van der Waals surface area contributed by atoms with Gasteiger partial charge in [0.1, 0.15) is 5.82 Å². The number of H-pyrrole nitrogens is 1. The van der Waals surface area contributed by atoms with Gasteiger partial charge in [0.25, 0.3) is 11.1 Å². The van der Waals surface area contributed by atoms with Crippen molar-refractivity contribution in [2.75, 3.05) is 5.32 Å². The average molecular weight is 327 g/mol. The summed E-state index contributed by atoms with van der Waals surface area (Å²) in [5.74, 6) is -0.843. The lowest BCUT2D eigenvalue weighted by Crippen LogP contribution is -2.31. The largest absolute Gasteiger partial charge is 0.326 e. The van der Waals surface area contributed by atoms with Crippen LogP contribution in [0.3, 0.4) is 0 Å². The Kier molecular flexibility index (Phi) is 4.24. The molecule has 0 bridgehead atoms. The number of carbonyl (C=O) groups excluding carboxylic acids is 1. The standard InChI is InChI=1S/C17H14FN3O3/c18-11-4-3-5-12(10-11)19-15(22)8-9-21-17(24)14-7-2-1-6-13(14)16(23)20-21/h1-7,10H,8-9H2,(H,19,22)(H,20,23). The highest BCUT2D eigenvalue weighted by atomic mass is 19.1. The van der Waals surface area contributed by atoms with E-state index < -0.39 is 11.4 Å². The van der Waals surface area contributed by atoms with Gasteiger partial charge in [0, 0.05) is 12.1 Å². The van der Waals surface area contributed by atoms with E-state index in [0.717, 1.165) is 4.68 Å². The maximum atomic E-state index is 13.1. The smallest absolute Gasteiger partial charge is 0.273 e. The van der Waals surface area contributed by atoms with Gasteiger partial charge in [0.05, 0.1) is 17.3 Å². The number of hydrogen-bond donors (Lipinski definition) is 2. The van der Waals surface area contributed by atoms with E-state index in [2.05, 4.69) is 10.4 Å². The quantitative estimate of drug-likeness (QED) is 0.767. The van der Waals surface area contributed by atoms with E-state index in [-0.39, 0.29) is 24.4 Å². The molecule has 122 valence electrons. The van der Waals surface area contributed by atoms with Crippen LogP contribution < -0.4 is 16.4 Å². The Hall–Kier alpha value is -3.22. The molecule has 2 N–H and O–H groups in total. The van der Waals surface area contributed by atoms with Crippen molar-refractivity contribution in [2.24, 2.45) is 0 Å². The van der Waals surface area contributed by atoms with Gasteiger partial charge in [-0.25, -0.2) is 9.07 Å². The fraction of sp³-hybridized carbons (Fsp3) is 0.118. The van der Waals surface area contributed by atoms with Gasteiger partial charge < -0.3 is 5.32 Å². The monoisotopic (exact) mass is 327 g/mol. The van der Waals surface area contributed by atoms with Crippen LogP contribution in [-0.2, 0) is 11.3 Å². The molecule has 7 heteroatoms. The van der Waals surface area contributed by atoms with Crippen LogP contribution in [0.15, 0.2) is 58.1 Å². The first kappa shape index (κ1) is 15.7. The number of hydrogen-bond acceptors (Lipinski definition) is 3. The second-order valence-corrected chi connectivity index (χ2v) is 5.25. The number of aromatic amines is 1. The predicted octanol–water partition coefficient (Wildman–Crippen LogP) is 1.86. The average Bonchev–Trinajstić information content (AvgIpc) is 2.57. The zero-order chi connectivity index (χ0) is 17.1. The molecule has 0 atom stereocenters. The number of benzene rings is 2. The van der Waals surface area contributed by atoms with E-state index in [4.69, 9.17) is 0 Å². The Labute approximate surface area is 135 Å². The number of nitrogens with zero attached hydrogens (tertiary/aromatic N) is 1. The molecule has 3 aromatic rings. The van der Waals surface area contributed by atoms with Crippen LogP contribution >= 0.6 is 0 Å². The highest BCUT2D eigenvalue weighted by Crippen LogP contribution is 2.09. The zero-order valence-electron chi connectivity index (χ0n) is 12.6. The van der Waals surface area contributed by atoms with Crippen molar-refractivity contribution >= 4 is 22.4 Å². The summed E-state index contributed by atoms with van der Waals surface area (Å²) in [4.78, 5) is 36.2. The number of amides is 1. The molecule has 0 aliphatic rings. The van der Waals surface area contributed by atoms with Gasteiger partial charge >= 0.3 is 0 Å². The van der Waals surface area contributed by atoms with Crippen molar-refractivity contribution in [3.05, 3.63) is 75.1 Å². The van der Waals surface area contributed by atoms with Crippen molar-refractivity contribution in [2.45, 2.75) is 13.0 Å². The molecular weight excluding hydrogens is 313 g/mol. The van der Waals surface area contributed by atoms with Crippen molar-refractivity contribution < 1.29 is 9.18 Å². The Morgan fingerprint density at radius 2 is 1.83 bits per heavy atom. The maximum Gasteiger partial charge on any atom is 0.273 e. The Morgan fingerprint density at radius 1 is 1.08 bits per heavy atom. The number of aromatic nitrogens is 2. The van der Waals surface area contributed by atoms with Crippen LogP contribution in [0.4, 0.5) is 10.1 Å². The normalized spacial score (nSPS) is 10.7. The lowest BCUT2D eigenvalue weighted by molar-refractivity contribution is -0.116. The number of fused-ring (bicyclic) bond motifs is 1. The summed E-state index contributed by atoms with van der Waals surface area (Å²) in [6, 6.07) is 12.0. The lowest BCUT2D eigenvalue weighted by Gasteiger charge is -2.08. The van der Waals surface area contributed by atoms with E-state index in [1.165, 1.54) is 18.2 Å². The van der Waals surface area contributed by atoms with Gasteiger partial charge in [0.2, 0.25) is 5.91 Å². The van der Waals surface area contributed by atoms with Crippen LogP contribution in [-0.4, -0.2) is 15.7 Å². The molecule has 1 amide bonds. The minimum atomic E-state index is -0.456. The summed E-state index contributed by atoms with van der Waals surface area (Å²) in [5.41, 5.74) is -0.432. The summed E-state index contributed by atoms with van der Waals surface area (Å²) >= 11 is 0. The molecule has 0 radical (unpaired) electrons. The topological polar surface area (TPSA) is 84.0 Å². The van der Waals surface area contributed by atoms with Crippen LogP contribution in [0.2, 0.25) is 0 Å². The van der Waals surface area contributed by atoms with Gasteiger partial charge in [-0.05, 0) is 30.3 Å². The number of rotatable bonds is 4. The fourth-order valence-electron chi connectivity index (χ4n) is 2.41. The third kappa shape index (κ3) is 3.24. The van der Waals surface area contributed by atoms with Crippen molar-refractivity contribution in [1.82, 2.24) is 9.78 Å². The maximum absolute atomic E-state index is 13.1. The first-order valence-electron chi connectivity index (χ1n) is 7.32. The van der Waals surface area contributed by atoms with Crippen LogP contribution in [0.5, 0.6) is 0 Å². The number of carbonyl (C=O) groups is 1. The molecule has 0 saturated heterocycles. The Bertz CT molecular complexity index is 1020. The zero-order valence-corrected chi connectivity index (χ0v) is 12.6. The molecule has 2 aromatic carbocycles. The predicted molar refractivity (Wildman–Crippen MR) is 88.5 cm³/mol. The van der Waals surface area contributed by atoms with Crippen LogP contribution in [0.25, 0.3) is 10.8 Å². The number of nitrogens with one attached hydrogen (secondary N) is 2. The minimum absolute atomic E-state index is 0.0139. The van der Waals surface area contributed by atoms with E-state index in [1.54, 1.807) is 30.3 Å². The van der Waals surface area contributed by atoms with E-state index in [0.29, 0.717) is 16.5 Å². The van der Waals surface area contributed by atoms with Gasteiger partial charge in [-0.1, -0.05) is 18.2 Å². The fourth-order valence-corrected chi connectivity index (χ4v) is 2.41. The molecule has 1 heterocycles. The van der Waals surface area contributed by atoms with E-state index in [1.807, 2.05) is 0 Å². The minimum Gasteiger partial charge on any atom is -0.326 e. The van der Waals surface area contributed by atoms with Gasteiger partial charge in [-0.2, -0.15) is 0 Å². The van der Waals surface area contributed by atoms with Crippen molar-refractivity contribution in [3.63, 3.8) is 0 Å². The molecule has 0 aliphatic carbocycles.